The number of aliphatic hydroxyl groups excluding tert-OH is 1. The van der Waals surface area contributed by atoms with Gasteiger partial charge in [0.05, 0.1) is 17.6 Å². The fraction of sp³-hybridized carbons (Fsp3) is 0.929. The van der Waals surface area contributed by atoms with E-state index in [0.717, 1.165) is 38.5 Å². The van der Waals surface area contributed by atoms with Gasteiger partial charge in [0.1, 0.15) is 0 Å². The molecule has 2 aliphatic rings. The summed E-state index contributed by atoms with van der Waals surface area (Å²) in [4.78, 5) is 0. The largest absolute Gasteiger partial charge is 0.390 e. The van der Waals surface area contributed by atoms with E-state index in [1.165, 1.54) is 0 Å². The minimum absolute atomic E-state index is 0.00277. The van der Waals surface area contributed by atoms with E-state index in [2.05, 4.69) is 26.2 Å². The van der Waals surface area contributed by atoms with Crippen LogP contribution in [0, 0.1) is 22.2 Å². The van der Waals surface area contributed by atoms with Crippen LogP contribution in [0.5, 0.6) is 0 Å². The number of hydrogen-bond donors (Lipinski definition) is 1. The van der Waals surface area contributed by atoms with E-state index < -0.39 is 11.5 Å². The van der Waals surface area contributed by atoms with E-state index >= 15 is 0 Å². The predicted octanol–water partition coefficient (Wildman–Crippen LogP) is 3.35. The molecule has 3 heteroatoms. The molecule has 0 aliphatic heterocycles. The summed E-state index contributed by atoms with van der Waals surface area (Å²) in [6, 6.07) is 2.47. The molecule has 2 fully saturated rings. The first-order valence-electron chi connectivity index (χ1n) is 6.54. The van der Waals surface area contributed by atoms with Crippen molar-refractivity contribution in [3.05, 3.63) is 0 Å². The lowest BCUT2D eigenvalue weighted by atomic mass is 9.62. The molecule has 96 valence electrons. The molecule has 1 atom stereocenters. The molecule has 0 heterocycles. The molecule has 2 nitrogen and oxygen atoms in total. The van der Waals surface area contributed by atoms with Crippen molar-refractivity contribution in [3.63, 3.8) is 0 Å². The molecule has 2 saturated carbocycles. The fourth-order valence-corrected chi connectivity index (χ4v) is 3.99. The second-order valence-corrected chi connectivity index (χ2v) is 7.82. The average Bonchev–Trinajstić information content (AvgIpc) is 3.10. The highest BCUT2D eigenvalue weighted by atomic mass is 32.2. The van der Waals surface area contributed by atoms with Gasteiger partial charge < -0.3 is 5.11 Å². The molecular formula is C14H23NOS. The quantitative estimate of drug-likeness (QED) is 0.839. The lowest BCUT2D eigenvalue weighted by Gasteiger charge is -2.44. The van der Waals surface area contributed by atoms with E-state index in [4.69, 9.17) is 0 Å². The van der Waals surface area contributed by atoms with Crippen LogP contribution in [0.25, 0.3) is 0 Å². The predicted molar refractivity (Wildman–Crippen MR) is 71.8 cm³/mol. The third-order valence-corrected chi connectivity index (χ3v) is 6.33. The van der Waals surface area contributed by atoms with Crippen molar-refractivity contribution in [2.24, 2.45) is 10.8 Å². The normalized spacial score (nSPS) is 30.3. The van der Waals surface area contributed by atoms with E-state index in [-0.39, 0.29) is 4.75 Å². The van der Waals surface area contributed by atoms with E-state index in [1.807, 2.05) is 0 Å². The summed E-state index contributed by atoms with van der Waals surface area (Å²) in [5, 5.41) is 20.2. The summed E-state index contributed by atoms with van der Waals surface area (Å²) in [6.07, 6.45) is 7.61. The van der Waals surface area contributed by atoms with Crippen molar-refractivity contribution in [1.82, 2.24) is 0 Å². The highest BCUT2D eigenvalue weighted by Crippen LogP contribution is 2.58. The highest BCUT2D eigenvalue weighted by Gasteiger charge is 2.58. The Morgan fingerprint density at radius 3 is 2.00 bits per heavy atom. The van der Waals surface area contributed by atoms with Crippen LogP contribution in [0.3, 0.4) is 0 Å². The van der Waals surface area contributed by atoms with Crippen molar-refractivity contribution in [2.45, 2.75) is 63.2 Å². The summed E-state index contributed by atoms with van der Waals surface area (Å²) in [5.41, 5.74) is -0.134. The summed E-state index contributed by atoms with van der Waals surface area (Å²) in [5.74, 6) is 0. The first-order valence-corrected chi connectivity index (χ1v) is 7.77. The third kappa shape index (κ3) is 2.22. The maximum Gasteiger partial charge on any atom is 0.0872 e. The molecule has 1 N–H and O–H groups in total. The van der Waals surface area contributed by atoms with Gasteiger partial charge in [-0.1, -0.05) is 13.8 Å². The van der Waals surface area contributed by atoms with Crippen molar-refractivity contribution in [1.29, 1.82) is 5.26 Å². The van der Waals surface area contributed by atoms with Gasteiger partial charge in [-0.25, -0.2) is 0 Å². The molecule has 0 aromatic heterocycles. The van der Waals surface area contributed by atoms with Crippen LogP contribution >= 0.6 is 11.8 Å². The Bertz CT molecular complexity index is 331. The van der Waals surface area contributed by atoms with Crippen LogP contribution < -0.4 is 0 Å². The Hall–Kier alpha value is -0.200. The van der Waals surface area contributed by atoms with Gasteiger partial charge in [-0.05, 0) is 50.2 Å². The minimum atomic E-state index is -0.477. The van der Waals surface area contributed by atoms with Crippen LogP contribution in [-0.4, -0.2) is 22.2 Å². The summed E-state index contributed by atoms with van der Waals surface area (Å²) < 4.78 is -0.00277. The standard InChI is InChI=1S/C14H23NOS/c1-12(2)4-6-13(10-15,7-5-12)11(16)14(17-3)8-9-14/h11,16H,4-9H2,1-3H3. The second-order valence-electron chi connectivity index (χ2n) is 6.60. The van der Waals surface area contributed by atoms with Gasteiger partial charge in [0.25, 0.3) is 0 Å². The van der Waals surface area contributed by atoms with Gasteiger partial charge in [0.15, 0.2) is 0 Å². The van der Waals surface area contributed by atoms with Gasteiger partial charge in [0, 0.05) is 4.75 Å². The maximum atomic E-state index is 10.6. The van der Waals surface area contributed by atoms with Crippen molar-refractivity contribution in [3.8, 4) is 6.07 Å². The Morgan fingerprint density at radius 1 is 1.12 bits per heavy atom. The topological polar surface area (TPSA) is 44.0 Å². The third-order valence-electron chi connectivity index (χ3n) is 4.89. The molecule has 0 bridgehead atoms. The van der Waals surface area contributed by atoms with E-state index in [1.54, 1.807) is 11.8 Å². The van der Waals surface area contributed by atoms with Gasteiger partial charge in [-0.3, -0.25) is 0 Å². The monoisotopic (exact) mass is 253 g/mol. The van der Waals surface area contributed by atoms with Gasteiger partial charge >= 0.3 is 0 Å². The van der Waals surface area contributed by atoms with Crippen LogP contribution in [0.15, 0.2) is 0 Å². The molecule has 2 aliphatic carbocycles. The lowest BCUT2D eigenvalue weighted by Crippen LogP contribution is -2.45. The van der Waals surface area contributed by atoms with Crippen LogP contribution in [0.4, 0.5) is 0 Å². The van der Waals surface area contributed by atoms with Gasteiger partial charge in [-0.15, -0.1) is 0 Å². The number of nitriles is 1. The lowest BCUT2D eigenvalue weighted by molar-refractivity contribution is 0.00546. The fourth-order valence-electron chi connectivity index (χ4n) is 3.04. The maximum absolute atomic E-state index is 10.6. The Morgan fingerprint density at radius 2 is 1.65 bits per heavy atom. The van der Waals surface area contributed by atoms with Crippen LogP contribution in [0.2, 0.25) is 0 Å². The summed E-state index contributed by atoms with van der Waals surface area (Å²) in [7, 11) is 0. The summed E-state index contributed by atoms with van der Waals surface area (Å²) in [6.45, 7) is 4.53. The number of hydrogen-bond acceptors (Lipinski definition) is 3. The number of thioether (sulfide) groups is 1. The Labute approximate surface area is 109 Å². The molecule has 17 heavy (non-hydrogen) atoms. The highest BCUT2D eigenvalue weighted by molar-refractivity contribution is 8.00. The Kier molecular flexibility index (Phi) is 3.25. The van der Waals surface area contributed by atoms with Gasteiger partial charge in [-0.2, -0.15) is 17.0 Å². The molecule has 0 spiro atoms. The van der Waals surface area contributed by atoms with E-state index in [0.29, 0.717) is 5.41 Å². The first kappa shape index (κ1) is 13.2. The molecule has 0 saturated heterocycles. The minimum Gasteiger partial charge on any atom is -0.390 e. The number of aliphatic hydroxyl groups is 1. The molecule has 0 amide bonds. The first-order chi connectivity index (χ1) is 7.90. The zero-order valence-corrected chi connectivity index (χ0v) is 11.9. The number of nitrogens with zero attached hydrogens (tertiary/aromatic N) is 1. The molecule has 0 aromatic carbocycles. The molecule has 2 rings (SSSR count). The Balaban J connectivity index is 2.14. The zero-order valence-electron chi connectivity index (χ0n) is 11.1. The molecule has 0 aromatic rings. The van der Waals surface area contributed by atoms with Crippen LogP contribution in [-0.2, 0) is 0 Å². The SMILES string of the molecule is CSC1(C(O)C2(C#N)CCC(C)(C)CC2)CC1. The second kappa shape index (κ2) is 4.17. The summed E-state index contributed by atoms with van der Waals surface area (Å²) >= 11 is 1.75. The van der Waals surface area contributed by atoms with Crippen molar-refractivity contribution >= 4 is 11.8 Å². The zero-order chi connectivity index (χ0) is 12.7. The average molecular weight is 253 g/mol. The van der Waals surface area contributed by atoms with Crippen molar-refractivity contribution < 1.29 is 5.11 Å². The molecular weight excluding hydrogens is 230 g/mol. The molecule has 0 radical (unpaired) electrons. The smallest absolute Gasteiger partial charge is 0.0872 e. The van der Waals surface area contributed by atoms with Crippen LogP contribution in [0.1, 0.15) is 52.4 Å². The van der Waals surface area contributed by atoms with Gasteiger partial charge in [0.2, 0.25) is 0 Å². The number of rotatable bonds is 3. The van der Waals surface area contributed by atoms with E-state index in [9.17, 15) is 10.4 Å². The molecule has 1 unspecified atom stereocenters. The van der Waals surface area contributed by atoms with Crippen molar-refractivity contribution in [2.75, 3.05) is 6.26 Å².